The van der Waals surface area contributed by atoms with Crippen LogP contribution >= 0.6 is 11.6 Å². The van der Waals surface area contributed by atoms with E-state index in [0.717, 1.165) is 18.7 Å². The van der Waals surface area contributed by atoms with E-state index in [4.69, 9.17) is 11.6 Å². The molecular weight excluding hydrogens is 326 g/mol. The van der Waals surface area contributed by atoms with Gasteiger partial charge in [0.25, 0.3) is 5.56 Å². The van der Waals surface area contributed by atoms with E-state index < -0.39 is 0 Å². The molecule has 1 saturated carbocycles. The molecule has 130 valence electrons. The highest BCUT2D eigenvalue weighted by Crippen LogP contribution is 2.34. The van der Waals surface area contributed by atoms with Gasteiger partial charge in [-0.1, -0.05) is 25.4 Å². The summed E-state index contributed by atoms with van der Waals surface area (Å²) in [5, 5.41) is 11.0. The number of hydrogen-bond acceptors (Lipinski definition) is 4. The van der Waals surface area contributed by atoms with Crippen LogP contribution in [0, 0.1) is 12.8 Å². The van der Waals surface area contributed by atoms with Gasteiger partial charge in [-0.15, -0.1) is 0 Å². The molecule has 3 rings (SSSR count). The highest BCUT2D eigenvalue weighted by molar-refractivity contribution is 6.33. The summed E-state index contributed by atoms with van der Waals surface area (Å²) < 4.78 is 1.80. The molecular formula is C18H24ClN3O2. The van der Waals surface area contributed by atoms with Gasteiger partial charge in [-0.3, -0.25) is 14.3 Å². The lowest BCUT2D eigenvalue weighted by Crippen LogP contribution is -2.32. The largest absolute Gasteiger partial charge is 0.504 e. The monoisotopic (exact) mass is 349 g/mol. The zero-order valence-corrected chi connectivity index (χ0v) is 15.2. The van der Waals surface area contributed by atoms with Crippen molar-refractivity contribution in [1.82, 2.24) is 14.5 Å². The van der Waals surface area contributed by atoms with Gasteiger partial charge in [-0.25, -0.2) is 4.98 Å². The molecule has 0 atom stereocenters. The molecule has 0 amide bonds. The van der Waals surface area contributed by atoms with Gasteiger partial charge in [0.15, 0.2) is 5.75 Å². The number of hydrogen-bond donors (Lipinski definition) is 1. The van der Waals surface area contributed by atoms with Gasteiger partial charge in [-0.05, 0) is 50.4 Å². The topological polar surface area (TPSA) is 58.4 Å². The second kappa shape index (κ2) is 6.73. The number of nitrogens with zero attached hydrogens (tertiary/aromatic N) is 3. The number of phenols is 1. The zero-order valence-electron chi connectivity index (χ0n) is 14.5. The van der Waals surface area contributed by atoms with Gasteiger partial charge in [0.05, 0.1) is 17.0 Å². The van der Waals surface area contributed by atoms with E-state index in [2.05, 4.69) is 23.7 Å². The number of phenolic OH excluding ortho intramolecular Hbond substituents is 1. The lowest BCUT2D eigenvalue weighted by molar-refractivity contribution is 0.280. The number of aryl methyl sites for hydroxylation is 1. The van der Waals surface area contributed by atoms with E-state index in [1.165, 1.54) is 12.8 Å². The van der Waals surface area contributed by atoms with E-state index in [-0.39, 0.29) is 16.3 Å². The summed E-state index contributed by atoms with van der Waals surface area (Å²) in [6.45, 7) is 9.08. The second-order valence-electron chi connectivity index (χ2n) is 6.60. The molecule has 1 aliphatic carbocycles. The number of rotatable bonds is 6. The molecule has 1 aromatic heterocycles. The molecule has 0 radical (unpaired) electrons. The molecule has 0 aliphatic heterocycles. The van der Waals surface area contributed by atoms with Crippen LogP contribution in [0.4, 0.5) is 0 Å². The van der Waals surface area contributed by atoms with Crippen molar-refractivity contribution >= 4 is 22.5 Å². The number of aromatic hydroxyl groups is 1. The average Bonchev–Trinajstić information content (AvgIpc) is 3.37. The highest BCUT2D eigenvalue weighted by Gasteiger charge is 2.26. The number of fused-ring (bicyclic) bond motifs is 1. The van der Waals surface area contributed by atoms with Crippen LogP contribution in [-0.2, 0) is 13.1 Å². The molecule has 24 heavy (non-hydrogen) atoms. The van der Waals surface area contributed by atoms with Crippen LogP contribution in [0.5, 0.6) is 5.75 Å². The maximum Gasteiger partial charge on any atom is 0.261 e. The summed E-state index contributed by atoms with van der Waals surface area (Å²) in [6.07, 6.45) is 2.33. The Kier molecular flexibility index (Phi) is 4.83. The fourth-order valence-corrected chi connectivity index (χ4v) is 3.34. The van der Waals surface area contributed by atoms with Crippen LogP contribution < -0.4 is 5.56 Å². The summed E-state index contributed by atoms with van der Waals surface area (Å²) in [5.74, 6) is 1.17. The third-order valence-corrected chi connectivity index (χ3v) is 5.12. The zero-order chi connectivity index (χ0) is 17.4. The van der Waals surface area contributed by atoms with Gasteiger partial charge < -0.3 is 5.11 Å². The van der Waals surface area contributed by atoms with Crippen molar-refractivity contribution in [3.63, 3.8) is 0 Å². The highest BCUT2D eigenvalue weighted by atomic mass is 35.5. The molecule has 0 saturated heterocycles. The Balaban J connectivity index is 2.23. The molecule has 1 aromatic carbocycles. The number of aromatic nitrogens is 2. The van der Waals surface area contributed by atoms with Crippen molar-refractivity contribution in [3.8, 4) is 5.75 Å². The molecule has 0 unspecified atom stereocenters. The van der Waals surface area contributed by atoms with E-state index in [1.807, 2.05) is 6.92 Å². The van der Waals surface area contributed by atoms with Crippen molar-refractivity contribution in [3.05, 3.63) is 32.8 Å². The molecule has 2 aromatic rings. The van der Waals surface area contributed by atoms with Crippen molar-refractivity contribution < 1.29 is 5.11 Å². The van der Waals surface area contributed by atoms with Gasteiger partial charge in [0.2, 0.25) is 0 Å². The maximum atomic E-state index is 13.1. The Morgan fingerprint density at radius 2 is 2.04 bits per heavy atom. The van der Waals surface area contributed by atoms with Crippen molar-refractivity contribution in [2.75, 3.05) is 13.1 Å². The lowest BCUT2D eigenvalue weighted by Gasteiger charge is -2.21. The Labute approximate surface area is 146 Å². The molecule has 0 spiro atoms. The summed E-state index contributed by atoms with van der Waals surface area (Å²) >= 11 is 6.08. The average molecular weight is 350 g/mol. The fraction of sp³-hybridized carbons (Fsp3) is 0.556. The second-order valence-corrected chi connectivity index (χ2v) is 7.00. The van der Waals surface area contributed by atoms with E-state index >= 15 is 0 Å². The van der Waals surface area contributed by atoms with Crippen molar-refractivity contribution in [2.24, 2.45) is 5.92 Å². The Morgan fingerprint density at radius 3 is 2.62 bits per heavy atom. The molecule has 0 bridgehead atoms. The summed E-state index contributed by atoms with van der Waals surface area (Å²) in [7, 11) is 0. The standard InChI is InChI=1S/C18H24ClN3O2/c1-4-21(5-2)10-14-20-16-15(11(3)8-13(19)17(16)23)18(24)22(14)9-12-6-7-12/h8,12,23H,4-7,9-10H2,1-3H3. The van der Waals surface area contributed by atoms with E-state index in [0.29, 0.717) is 35.7 Å². The van der Waals surface area contributed by atoms with Crippen molar-refractivity contribution in [2.45, 2.75) is 46.7 Å². The first-order chi connectivity index (χ1) is 11.5. The SMILES string of the molecule is CCN(CC)Cc1nc2c(O)c(Cl)cc(C)c2c(=O)n1CC1CC1. The smallest absolute Gasteiger partial charge is 0.261 e. The lowest BCUT2D eigenvalue weighted by atomic mass is 10.1. The molecule has 6 heteroatoms. The van der Waals surface area contributed by atoms with Crippen LogP contribution in [0.2, 0.25) is 5.02 Å². The van der Waals surface area contributed by atoms with Gasteiger partial charge in [0, 0.05) is 6.54 Å². The maximum absolute atomic E-state index is 13.1. The normalized spacial score (nSPS) is 14.7. The van der Waals surface area contributed by atoms with Crippen LogP contribution in [0.25, 0.3) is 10.9 Å². The Morgan fingerprint density at radius 1 is 1.38 bits per heavy atom. The first-order valence-corrected chi connectivity index (χ1v) is 8.97. The minimum Gasteiger partial charge on any atom is -0.504 e. The summed E-state index contributed by atoms with van der Waals surface area (Å²) in [4.78, 5) is 20.0. The molecule has 1 heterocycles. The number of halogens is 1. The molecule has 1 fully saturated rings. The van der Waals surface area contributed by atoms with E-state index in [1.54, 1.807) is 10.6 Å². The molecule has 1 aliphatic rings. The van der Waals surface area contributed by atoms with Crippen LogP contribution in [-0.4, -0.2) is 32.6 Å². The number of benzene rings is 1. The summed E-state index contributed by atoms with van der Waals surface area (Å²) in [5.41, 5.74) is 1.00. The van der Waals surface area contributed by atoms with Crippen LogP contribution in [0.15, 0.2) is 10.9 Å². The quantitative estimate of drug-likeness (QED) is 0.869. The van der Waals surface area contributed by atoms with Gasteiger partial charge >= 0.3 is 0 Å². The first kappa shape index (κ1) is 17.2. The fourth-order valence-electron chi connectivity index (χ4n) is 3.08. The Bertz CT molecular complexity index is 823. The first-order valence-electron chi connectivity index (χ1n) is 8.60. The minimum absolute atomic E-state index is 0.0708. The van der Waals surface area contributed by atoms with Crippen LogP contribution in [0.1, 0.15) is 38.1 Å². The predicted molar refractivity (Wildman–Crippen MR) is 96.8 cm³/mol. The van der Waals surface area contributed by atoms with E-state index in [9.17, 15) is 9.90 Å². The predicted octanol–water partition coefficient (Wildman–Crippen LogP) is 3.32. The van der Waals surface area contributed by atoms with Crippen LogP contribution in [0.3, 0.4) is 0 Å². The molecule has 5 nitrogen and oxygen atoms in total. The third kappa shape index (κ3) is 3.15. The molecule has 1 N–H and O–H groups in total. The Hall–Kier alpha value is -1.59. The third-order valence-electron chi connectivity index (χ3n) is 4.83. The van der Waals surface area contributed by atoms with Crippen molar-refractivity contribution in [1.29, 1.82) is 0 Å². The summed E-state index contributed by atoms with van der Waals surface area (Å²) in [6, 6.07) is 1.63. The minimum atomic E-state index is -0.103. The van der Waals surface area contributed by atoms with Gasteiger partial charge in [-0.2, -0.15) is 0 Å². The van der Waals surface area contributed by atoms with Gasteiger partial charge in [0.1, 0.15) is 11.3 Å².